The van der Waals surface area contributed by atoms with Crippen molar-refractivity contribution in [3.05, 3.63) is 64.7 Å². The standard InChI is InChI=1S/C18H14ClF3N2O3/c19-13-5-2-6-14(8-13)24-10-15(27-17(24)26)9-23-16(25)11-3-1-4-12(7-11)18(20,21)22/h1-8,15H,9-10H2,(H,23,25). The van der Waals surface area contributed by atoms with Crippen LogP contribution in [-0.4, -0.2) is 31.2 Å². The van der Waals surface area contributed by atoms with Gasteiger partial charge in [0.05, 0.1) is 18.7 Å². The lowest BCUT2D eigenvalue weighted by Crippen LogP contribution is -2.34. The number of nitrogens with one attached hydrogen (secondary N) is 1. The van der Waals surface area contributed by atoms with E-state index in [-0.39, 0.29) is 18.7 Å². The largest absolute Gasteiger partial charge is 0.442 e. The Bertz CT molecular complexity index is 873. The fourth-order valence-electron chi connectivity index (χ4n) is 2.63. The highest BCUT2D eigenvalue weighted by molar-refractivity contribution is 6.30. The third-order valence-electron chi connectivity index (χ3n) is 3.94. The molecule has 1 heterocycles. The summed E-state index contributed by atoms with van der Waals surface area (Å²) >= 11 is 5.91. The maximum absolute atomic E-state index is 12.7. The smallest absolute Gasteiger partial charge is 0.416 e. The van der Waals surface area contributed by atoms with Crippen LogP contribution in [-0.2, 0) is 10.9 Å². The van der Waals surface area contributed by atoms with Crippen molar-refractivity contribution in [1.29, 1.82) is 0 Å². The lowest BCUT2D eigenvalue weighted by molar-refractivity contribution is -0.137. The molecule has 1 N–H and O–H groups in total. The third kappa shape index (κ3) is 4.51. The highest BCUT2D eigenvalue weighted by Gasteiger charge is 2.33. The topological polar surface area (TPSA) is 58.6 Å². The minimum absolute atomic E-state index is 0.0299. The Morgan fingerprint density at radius 3 is 2.67 bits per heavy atom. The van der Waals surface area contributed by atoms with Gasteiger partial charge in [0.2, 0.25) is 0 Å². The molecule has 2 aromatic rings. The van der Waals surface area contributed by atoms with Crippen molar-refractivity contribution >= 4 is 29.3 Å². The zero-order valence-electron chi connectivity index (χ0n) is 13.8. The van der Waals surface area contributed by atoms with Gasteiger partial charge in [0.1, 0.15) is 6.10 Å². The van der Waals surface area contributed by atoms with Gasteiger partial charge in [-0.05, 0) is 36.4 Å². The number of cyclic esters (lactones) is 1. The molecule has 9 heteroatoms. The average Bonchev–Trinajstić information content (AvgIpc) is 3.00. The van der Waals surface area contributed by atoms with Crippen LogP contribution in [0.2, 0.25) is 5.02 Å². The molecule has 0 bridgehead atoms. The fraction of sp³-hybridized carbons (Fsp3) is 0.222. The second-order valence-electron chi connectivity index (χ2n) is 5.88. The molecule has 0 spiro atoms. The molecule has 0 aliphatic carbocycles. The normalized spacial score (nSPS) is 17.0. The second kappa shape index (κ2) is 7.48. The van der Waals surface area contributed by atoms with Gasteiger partial charge in [-0.2, -0.15) is 13.2 Å². The predicted octanol–water partition coefficient (Wildman–Crippen LogP) is 4.11. The molecule has 0 radical (unpaired) electrons. The van der Waals surface area contributed by atoms with E-state index in [4.69, 9.17) is 16.3 Å². The second-order valence-corrected chi connectivity index (χ2v) is 6.32. The van der Waals surface area contributed by atoms with Gasteiger partial charge in [-0.25, -0.2) is 4.79 Å². The first-order valence-electron chi connectivity index (χ1n) is 7.93. The summed E-state index contributed by atoms with van der Waals surface area (Å²) in [5, 5.41) is 2.95. The Kier molecular flexibility index (Phi) is 5.27. The molecule has 142 valence electrons. The van der Waals surface area contributed by atoms with E-state index < -0.39 is 29.8 Å². The first-order chi connectivity index (χ1) is 12.7. The molecular weight excluding hydrogens is 385 g/mol. The van der Waals surface area contributed by atoms with Gasteiger partial charge in [-0.15, -0.1) is 0 Å². The number of benzene rings is 2. The van der Waals surface area contributed by atoms with Crippen molar-refractivity contribution in [2.75, 3.05) is 18.0 Å². The minimum atomic E-state index is -4.53. The van der Waals surface area contributed by atoms with E-state index in [1.54, 1.807) is 24.3 Å². The van der Waals surface area contributed by atoms with Crippen LogP contribution in [0.3, 0.4) is 0 Å². The number of anilines is 1. The number of hydrogen-bond acceptors (Lipinski definition) is 3. The van der Waals surface area contributed by atoms with E-state index in [0.717, 1.165) is 18.2 Å². The molecule has 1 unspecified atom stereocenters. The van der Waals surface area contributed by atoms with Crippen molar-refractivity contribution in [1.82, 2.24) is 5.32 Å². The Morgan fingerprint density at radius 1 is 1.22 bits per heavy atom. The van der Waals surface area contributed by atoms with E-state index in [9.17, 15) is 22.8 Å². The van der Waals surface area contributed by atoms with Crippen LogP contribution in [0.15, 0.2) is 48.5 Å². The minimum Gasteiger partial charge on any atom is -0.442 e. The molecule has 0 aromatic heterocycles. The maximum Gasteiger partial charge on any atom is 0.416 e. The quantitative estimate of drug-likeness (QED) is 0.843. The number of carbonyl (C=O) groups is 2. The van der Waals surface area contributed by atoms with Crippen molar-refractivity contribution in [3.8, 4) is 0 Å². The number of rotatable bonds is 4. The number of alkyl halides is 3. The van der Waals surface area contributed by atoms with Gasteiger partial charge in [0.15, 0.2) is 0 Å². The first kappa shape index (κ1) is 19.0. The fourth-order valence-corrected chi connectivity index (χ4v) is 2.81. The molecule has 2 aromatic carbocycles. The summed E-state index contributed by atoms with van der Waals surface area (Å²) in [5.41, 5.74) is -0.477. The van der Waals surface area contributed by atoms with Crippen molar-refractivity contribution in [2.24, 2.45) is 0 Å². The third-order valence-corrected chi connectivity index (χ3v) is 4.17. The zero-order chi connectivity index (χ0) is 19.6. The van der Waals surface area contributed by atoms with Gasteiger partial charge >= 0.3 is 12.3 Å². The number of carbonyl (C=O) groups excluding carboxylic acids is 2. The molecule has 0 saturated carbocycles. The summed E-state index contributed by atoms with van der Waals surface area (Å²) < 4.78 is 43.4. The Morgan fingerprint density at radius 2 is 1.96 bits per heavy atom. The molecule has 5 nitrogen and oxygen atoms in total. The average molecular weight is 399 g/mol. The SMILES string of the molecule is O=C(NCC1CN(c2cccc(Cl)c2)C(=O)O1)c1cccc(C(F)(F)F)c1. The van der Waals surface area contributed by atoms with Crippen LogP contribution < -0.4 is 10.2 Å². The van der Waals surface area contributed by atoms with Crippen molar-refractivity contribution in [3.63, 3.8) is 0 Å². The molecule has 1 fully saturated rings. The van der Waals surface area contributed by atoms with Crippen LogP contribution in [0.1, 0.15) is 15.9 Å². The van der Waals surface area contributed by atoms with Crippen molar-refractivity contribution in [2.45, 2.75) is 12.3 Å². The summed E-state index contributed by atoms with van der Waals surface area (Å²) in [5.74, 6) is -0.682. The Labute approximate surface area is 157 Å². The molecule has 3 rings (SSSR count). The first-order valence-corrected chi connectivity index (χ1v) is 8.31. The molecule has 1 aliphatic rings. The number of nitrogens with zero attached hydrogens (tertiary/aromatic N) is 1. The van der Waals surface area contributed by atoms with Gasteiger partial charge in [0, 0.05) is 16.3 Å². The summed E-state index contributed by atoms with van der Waals surface area (Å²) in [6.45, 7) is 0.153. The van der Waals surface area contributed by atoms with Crippen LogP contribution in [0, 0.1) is 0 Å². The highest BCUT2D eigenvalue weighted by Crippen LogP contribution is 2.29. The molecule has 2 amide bonds. The lowest BCUT2D eigenvalue weighted by atomic mass is 10.1. The Balaban J connectivity index is 1.61. The van der Waals surface area contributed by atoms with E-state index in [1.165, 1.54) is 11.0 Å². The zero-order valence-corrected chi connectivity index (χ0v) is 14.6. The summed E-state index contributed by atoms with van der Waals surface area (Å²) in [4.78, 5) is 25.5. The molecule has 27 heavy (non-hydrogen) atoms. The van der Waals surface area contributed by atoms with Gasteiger partial charge in [-0.1, -0.05) is 23.7 Å². The molecular formula is C18H14ClF3N2O3. The van der Waals surface area contributed by atoms with Crippen molar-refractivity contribution < 1.29 is 27.5 Å². The summed E-state index contributed by atoms with van der Waals surface area (Å²) in [7, 11) is 0. The van der Waals surface area contributed by atoms with Crippen LogP contribution >= 0.6 is 11.6 Å². The van der Waals surface area contributed by atoms with Crippen LogP contribution in [0.4, 0.5) is 23.7 Å². The highest BCUT2D eigenvalue weighted by atomic mass is 35.5. The number of halogens is 4. The summed E-state index contributed by atoms with van der Waals surface area (Å²) in [6.07, 6.45) is -5.75. The molecule has 1 aliphatic heterocycles. The number of hydrogen-bond donors (Lipinski definition) is 1. The van der Waals surface area contributed by atoms with E-state index in [2.05, 4.69) is 5.32 Å². The molecule has 1 saturated heterocycles. The van der Waals surface area contributed by atoms with E-state index in [0.29, 0.717) is 10.7 Å². The Hall–Kier alpha value is -2.74. The number of ether oxygens (including phenoxy) is 1. The van der Waals surface area contributed by atoms with E-state index in [1.807, 2.05) is 0 Å². The van der Waals surface area contributed by atoms with Crippen LogP contribution in [0.25, 0.3) is 0 Å². The monoisotopic (exact) mass is 398 g/mol. The van der Waals surface area contributed by atoms with Gasteiger partial charge in [-0.3, -0.25) is 9.69 Å². The predicted molar refractivity (Wildman–Crippen MR) is 92.8 cm³/mol. The summed E-state index contributed by atoms with van der Waals surface area (Å²) in [6, 6.07) is 10.8. The maximum atomic E-state index is 12.7. The lowest BCUT2D eigenvalue weighted by Gasteiger charge is -2.13. The number of amides is 2. The van der Waals surface area contributed by atoms with E-state index >= 15 is 0 Å². The van der Waals surface area contributed by atoms with Crippen LogP contribution in [0.5, 0.6) is 0 Å². The molecule has 1 atom stereocenters. The van der Waals surface area contributed by atoms with Gasteiger partial charge in [0.25, 0.3) is 5.91 Å². The van der Waals surface area contributed by atoms with Gasteiger partial charge < -0.3 is 10.1 Å².